The van der Waals surface area contributed by atoms with Crippen molar-refractivity contribution in [3.63, 3.8) is 0 Å². The van der Waals surface area contributed by atoms with E-state index in [1.807, 2.05) is 31.2 Å². The second kappa shape index (κ2) is 8.93. The number of carbonyl (C=O) groups excluding carboxylic acids is 2. The highest BCUT2D eigenvalue weighted by molar-refractivity contribution is 7.18. The standard InChI is InChI=1S/C17H20N2O4S/c1-3-22-13-4-6-14(7-5-13)23-11-10-18-17(21)15-8-9-16(24-15)19-12(2)20/h4-9H,3,10-11H2,1-2H3,(H,18,21)(H,19,20). The molecule has 2 aromatic rings. The fraction of sp³-hybridized carbons (Fsp3) is 0.294. The lowest BCUT2D eigenvalue weighted by atomic mass is 10.3. The Bertz CT molecular complexity index is 682. The first-order valence-corrected chi connectivity index (χ1v) is 8.41. The summed E-state index contributed by atoms with van der Waals surface area (Å²) in [5.74, 6) is 1.17. The average molecular weight is 348 g/mol. The summed E-state index contributed by atoms with van der Waals surface area (Å²) < 4.78 is 10.9. The van der Waals surface area contributed by atoms with E-state index < -0.39 is 0 Å². The van der Waals surface area contributed by atoms with Crippen LogP contribution in [0, 0.1) is 0 Å². The second-order valence-electron chi connectivity index (χ2n) is 4.85. The van der Waals surface area contributed by atoms with Crippen molar-refractivity contribution in [1.29, 1.82) is 0 Å². The minimum Gasteiger partial charge on any atom is -0.494 e. The smallest absolute Gasteiger partial charge is 0.261 e. The van der Waals surface area contributed by atoms with Crippen molar-refractivity contribution in [1.82, 2.24) is 5.32 Å². The highest BCUT2D eigenvalue weighted by Crippen LogP contribution is 2.21. The number of amides is 2. The lowest BCUT2D eigenvalue weighted by Crippen LogP contribution is -2.27. The minimum atomic E-state index is -0.188. The van der Waals surface area contributed by atoms with Gasteiger partial charge in [0.1, 0.15) is 18.1 Å². The lowest BCUT2D eigenvalue weighted by Gasteiger charge is -2.08. The molecule has 1 aromatic carbocycles. The molecule has 0 saturated heterocycles. The van der Waals surface area contributed by atoms with Crippen LogP contribution in [-0.2, 0) is 4.79 Å². The molecule has 128 valence electrons. The molecule has 0 radical (unpaired) electrons. The number of benzene rings is 1. The van der Waals surface area contributed by atoms with Crippen molar-refractivity contribution in [3.8, 4) is 11.5 Å². The fourth-order valence-electron chi connectivity index (χ4n) is 1.92. The molecule has 0 unspecified atom stereocenters. The highest BCUT2D eigenvalue weighted by atomic mass is 32.1. The van der Waals surface area contributed by atoms with Gasteiger partial charge in [-0.2, -0.15) is 0 Å². The molecule has 0 saturated carbocycles. The number of nitrogens with one attached hydrogen (secondary N) is 2. The first-order chi connectivity index (χ1) is 11.6. The fourth-order valence-corrected chi connectivity index (χ4v) is 2.79. The van der Waals surface area contributed by atoms with Crippen LogP contribution in [0.2, 0.25) is 0 Å². The molecular formula is C17H20N2O4S. The van der Waals surface area contributed by atoms with E-state index in [0.29, 0.717) is 29.6 Å². The third kappa shape index (κ3) is 5.58. The van der Waals surface area contributed by atoms with Gasteiger partial charge >= 0.3 is 0 Å². The molecule has 0 aliphatic carbocycles. The number of anilines is 1. The molecule has 1 aromatic heterocycles. The molecule has 6 nitrogen and oxygen atoms in total. The maximum atomic E-state index is 12.0. The zero-order valence-electron chi connectivity index (χ0n) is 13.6. The first-order valence-electron chi connectivity index (χ1n) is 7.59. The Balaban J connectivity index is 1.72. The largest absolute Gasteiger partial charge is 0.494 e. The molecule has 0 spiro atoms. The van der Waals surface area contributed by atoms with Gasteiger partial charge in [0.15, 0.2) is 0 Å². The maximum absolute atomic E-state index is 12.0. The van der Waals surface area contributed by atoms with Crippen molar-refractivity contribution < 1.29 is 19.1 Å². The van der Waals surface area contributed by atoms with Crippen LogP contribution < -0.4 is 20.1 Å². The van der Waals surface area contributed by atoms with Crippen molar-refractivity contribution in [3.05, 3.63) is 41.3 Å². The predicted molar refractivity (Wildman–Crippen MR) is 94.1 cm³/mol. The van der Waals surface area contributed by atoms with Gasteiger partial charge in [0.05, 0.1) is 23.0 Å². The molecule has 0 aliphatic rings. The molecule has 7 heteroatoms. The summed E-state index contributed by atoms with van der Waals surface area (Å²) in [6.07, 6.45) is 0. The average Bonchev–Trinajstić information content (AvgIpc) is 3.01. The number of rotatable bonds is 8. The Morgan fingerprint density at radius 2 is 1.71 bits per heavy atom. The van der Waals surface area contributed by atoms with Gasteiger partial charge in [0.2, 0.25) is 5.91 Å². The van der Waals surface area contributed by atoms with Gasteiger partial charge in [-0.25, -0.2) is 0 Å². The molecule has 24 heavy (non-hydrogen) atoms. The van der Waals surface area contributed by atoms with E-state index in [4.69, 9.17) is 9.47 Å². The van der Waals surface area contributed by atoms with Crippen LogP contribution in [0.15, 0.2) is 36.4 Å². The van der Waals surface area contributed by atoms with E-state index in [0.717, 1.165) is 11.5 Å². The van der Waals surface area contributed by atoms with E-state index in [1.54, 1.807) is 12.1 Å². The van der Waals surface area contributed by atoms with Crippen LogP contribution in [0.5, 0.6) is 11.5 Å². The minimum absolute atomic E-state index is 0.160. The number of hydrogen-bond donors (Lipinski definition) is 2. The third-order valence-corrected chi connectivity index (χ3v) is 3.92. The van der Waals surface area contributed by atoms with Gasteiger partial charge in [-0.1, -0.05) is 0 Å². The summed E-state index contributed by atoms with van der Waals surface area (Å²) in [5.41, 5.74) is 0. The van der Waals surface area contributed by atoms with Gasteiger partial charge in [-0.15, -0.1) is 11.3 Å². The van der Waals surface area contributed by atoms with Gasteiger partial charge in [0, 0.05) is 6.92 Å². The molecule has 0 atom stereocenters. The predicted octanol–water partition coefficient (Wildman–Crippen LogP) is 2.91. The Morgan fingerprint density at radius 1 is 1.04 bits per heavy atom. The Hall–Kier alpha value is -2.54. The van der Waals surface area contributed by atoms with Gasteiger partial charge < -0.3 is 20.1 Å². The number of hydrogen-bond acceptors (Lipinski definition) is 5. The summed E-state index contributed by atoms with van der Waals surface area (Å²) in [6.45, 7) is 4.74. The monoisotopic (exact) mass is 348 g/mol. The molecule has 0 bridgehead atoms. The normalized spacial score (nSPS) is 10.1. The summed E-state index contributed by atoms with van der Waals surface area (Å²) in [5, 5.41) is 6.07. The molecule has 2 N–H and O–H groups in total. The van der Waals surface area contributed by atoms with Crippen LogP contribution >= 0.6 is 11.3 Å². The summed E-state index contributed by atoms with van der Waals surface area (Å²) >= 11 is 1.23. The summed E-state index contributed by atoms with van der Waals surface area (Å²) in [4.78, 5) is 23.5. The Kier molecular flexibility index (Phi) is 6.62. The zero-order chi connectivity index (χ0) is 17.4. The quantitative estimate of drug-likeness (QED) is 0.719. The third-order valence-electron chi connectivity index (χ3n) is 2.92. The van der Waals surface area contributed by atoms with Crippen LogP contribution in [0.25, 0.3) is 0 Å². The van der Waals surface area contributed by atoms with E-state index in [1.165, 1.54) is 18.3 Å². The molecule has 0 fully saturated rings. The van der Waals surface area contributed by atoms with E-state index in [-0.39, 0.29) is 11.8 Å². The van der Waals surface area contributed by atoms with Crippen molar-refractivity contribution in [2.75, 3.05) is 25.1 Å². The molecule has 0 aliphatic heterocycles. The van der Waals surface area contributed by atoms with Crippen LogP contribution in [-0.4, -0.2) is 31.6 Å². The van der Waals surface area contributed by atoms with Crippen LogP contribution in [0.4, 0.5) is 5.00 Å². The SMILES string of the molecule is CCOc1ccc(OCCNC(=O)c2ccc(NC(C)=O)s2)cc1. The van der Waals surface area contributed by atoms with Crippen molar-refractivity contribution in [2.24, 2.45) is 0 Å². The highest BCUT2D eigenvalue weighted by Gasteiger charge is 2.09. The summed E-state index contributed by atoms with van der Waals surface area (Å²) in [6, 6.07) is 10.7. The zero-order valence-corrected chi connectivity index (χ0v) is 14.4. The molecule has 2 amide bonds. The molecule has 2 rings (SSSR count). The first kappa shape index (κ1) is 17.8. The molecular weight excluding hydrogens is 328 g/mol. The Labute approximate surface area is 144 Å². The van der Waals surface area contributed by atoms with E-state index >= 15 is 0 Å². The molecule has 1 heterocycles. The van der Waals surface area contributed by atoms with E-state index in [9.17, 15) is 9.59 Å². The van der Waals surface area contributed by atoms with Crippen LogP contribution in [0.3, 0.4) is 0 Å². The second-order valence-corrected chi connectivity index (χ2v) is 5.94. The van der Waals surface area contributed by atoms with Gasteiger partial charge in [0.25, 0.3) is 5.91 Å². The lowest BCUT2D eigenvalue weighted by molar-refractivity contribution is -0.114. The number of carbonyl (C=O) groups is 2. The topological polar surface area (TPSA) is 76.7 Å². The van der Waals surface area contributed by atoms with Crippen molar-refractivity contribution in [2.45, 2.75) is 13.8 Å². The number of ether oxygens (including phenoxy) is 2. The maximum Gasteiger partial charge on any atom is 0.261 e. The Morgan fingerprint density at radius 3 is 2.33 bits per heavy atom. The van der Waals surface area contributed by atoms with Crippen LogP contribution in [0.1, 0.15) is 23.5 Å². The van der Waals surface area contributed by atoms with Gasteiger partial charge in [-0.3, -0.25) is 9.59 Å². The van der Waals surface area contributed by atoms with Crippen molar-refractivity contribution >= 4 is 28.2 Å². The summed E-state index contributed by atoms with van der Waals surface area (Å²) in [7, 11) is 0. The van der Waals surface area contributed by atoms with E-state index in [2.05, 4.69) is 10.6 Å². The number of thiophene rings is 1. The van der Waals surface area contributed by atoms with Gasteiger partial charge in [-0.05, 0) is 43.3 Å².